The zero-order valence-corrected chi connectivity index (χ0v) is 7.61. The van der Waals surface area contributed by atoms with Gasteiger partial charge in [0.1, 0.15) is 0 Å². The molecule has 0 fully saturated rings. The van der Waals surface area contributed by atoms with Crippen molar-refractivity contribution >= 4 is 5.78 Å². The fourth-order valence-corrected chi connectivity index (χ4v) is 1.40. The minimum atomic E-state index is 0.250. The van der Waals surface area contributed by atoms with Gasteiger partial charge < -0.3 is 0 Å². The van der Waals surface area contributed by atoms with Gasteiger partial charge in [0.2, 0.25) is 0 Å². The fraction of sp³-hybridized carbons (Fsp3) is 0.700. The lowest BCUT2D eigenvalue weighted by Crippen LogP contribution is -2.16. The van der Waals surface area contributed by atoms with E-state index in [9.17, 15) is 4.79 Å². The van der Waals surface area contributed by atoms with Crippen LogP contribution in [-0.2, 0) is 4.79 Å². The summed E-state index contributed by atoms with van der Waals surface area (Å²) < 4.78 is 0. The lowest BCUT2D eigenvalue weighted by atomic mass is 9.78. The molecule has 0 unspecified atom stereocenters. The van der Waals surface area contributed by atoms with E-state index < -0.39 is 0 Å². The molecule has 1 nitrogen and oxygen atoms in total. The summed E-state index contributed by atoms with van der Waals surface area (Å²) in [5.41, 5.74) is 1.45. The molecule has 0 heterocycles. The summed E-state index contributed by atoms with van der Waals surface area (Å²) in [5, 5.41) is 0. The van der Waals surface area contributed by atoms with Crippen LogP contribution in [0.15, 0.2) is 11.6 Å². The van der Waals surface area contributed by atoms with Crippen LogP contribution in [0.1, 0.15) is 40.0 Å². The third-order valence-electron chi connectivity index (χ3n) is 2.42. The Kier molecular flexibility index (Phi) is 2.17. The standard InChI is InChI=1S/C10H16O/c1-8(11)9-4-6-10(2,3)7-5-9/h4H,5-7H2,1-3H3. The first kappa shape index (κ1) is 8.51. The van der Waals surface area contributed by atoms with Gasteiger partial charge in [0.05, 0.1) is 0 Å². The van der Waals surface area contributed by atoms with Gasteiger partial charge in [-0.2, -0.15) is 0 Å². The van der Waals surface area contributed by atoms with Gasteiger partial charge in [-0.3, -0.25) is 4.79 Å². The average Bonchev–Trinajstić information content (AvgIpc) is 1.86. The summed E-state index contributed by atoms with van der Waals surface area (Å²) in [7, 11) is 0. The quantitative estimate of drug-likeness (QED) is 0.564. The highest BCUT2D eigenvalue weighted by molar-refractivity contribution is 5.93. The van der Waals surface area contributed by atoms with Crippen molar-refractivity contribution in [2.75, 3.05) is 0 Å². The number of allylic oxidation sites excluding steroid dienone is 2. The first-order valence-electron chi connectivity index (χ1n) is 4.21. The molecule has 0 aromatic carbocycles. The highest BCUT2D eigenvalue weighted by atomic mass is 16.1. The minimum absolute atomic E-state index is 0.250. The second-order valence-electron chi connectivity index (χ2n) is 4.15. The highest BCUT2D eigenvalue weighted by Gasteiger charge is 2.22. The summed E-state index contributed by atoms with van der Waals surface area (Å²) >= 11 is 0. The van der Waals surface area contributed by atoms with Crippen molar-refractivity contribution < 1.29 is 4.79 Å². The van der Waals surface area contributed by atoms with E-state index in [4.69, 9.17) is 0 Å². The van der Waals surface area contributed by atoms with Gasteiger partial charge >= 0.3 is 0 Å². The third-order valence-corrected chi connectivity index (χ3v) is 2.42. The summed E-state index contributed by atoms with van der Waals surface area (Å²) in [5.74, 6) is 0.250. The molecule has 0 bridgehead atoms. The number of hydrogen-bond donors (Lipinski definition) is 0. The van der Waals surface area contributed by atoms with Crippen LogP contribution >= 0.6 is 0 Å². The maximum atomic E-state index is 10.9. The first-order valence-corrected chi connectivity index (χ1v) is 4.21. The third kappa shape index (κ3) is 2.18. The SMILES string of the molecule is CC(=O)C1=CCC(C)(C)CC1. The predicted molar refractivity (Wildman–Crippen MR) is 46.4 cm³/mol. The molecule has 11 heavy (non-hydrogen) atoms. The van der Waals surface area contributed by atoms with Crippen molar-refractivity contribution in [1.82, 2.24) is 0 Å². The zero-order valence-electron chi connectivity index (χ0n) is 7.61. The topological polar surface area (TPSA) is 17.1 Å². The number of Topliss-reactive ketones (excluding diaryl/α,β-unsaturated/α-hetero) is 1. The minimum Gasteiger partial charge on any atom is -0.295 e. The molecule has 0 saturated heterocycles. The van der Waals surface area contributed by atoms with Crippen LogP contribution in [0.4, 0.5) is 0 Å². The van der Waals surface area contributed by atoms with Crippen molar-refractivity contribution in [2.24, 2.45) is 5.41 Å². The Balaban J connectivity index is 2.65. The molecule has 0 atom stereocenters. The molecule has 62 valence electrons. The molecule has 1 aliphatic rings. The van der Waals surface area contributed by atoms with Gasteiger partial charge in [-0.15, -0.1) is 0 Å². The number of carbonyl (C=O) groups is 1. The van der Waals surface area contributed by atoms with E-state index in [1.54, 1.807) is 6.92 Å². The molecular weight excluding hydrogens is 136 g/mol. The monoisotopic (exact) mass is 152 g/mol. The Bertz CT molecular complexity index is 199. The van der Waals surface area contributed by atoms with E-state index in [1.807, 2.05) is 0 Å². The Morgan fingerprint density at radius 1 is 1.55 bits per heavy atom. The van der Waals surface area contributed by atoms with Gasteiger partial charge in [-0.1, -0.05) is 19.9 Å². The van der Waals surface area contributed by atoms with E-state index in [1.165, 1.54) is 0 Å². The normalized spacial score (nSPS) is 22.6. The maximum absolute atomic E-state index is 10.9. The Morgan fingerprint density at radius 3 is 2.55 bits per heavy atom. The average molecular weight is 152 g/mol. The number of ketones is 1. The molecule has 0 aromatic rings. The molecule has 1 heteroatoms. The van der Waals surface area contributed by atoms with E-state index in [-0.39, 0.29) is 5.78 Å². The van der Waals surface area contributed by atoms with Crippen LogP contribution in [-0.4, -0.2) is 5.78 Å². The highest BCUT2D eigenvalue weighted by Crippen LogP contribution is 2.34. The Hall–Kier alpha value is -0.590. The molecule has 0 aromatic heterocycles. The van der Waals surface area contributed by atoms with Crippen LogP contribution in [0.25, 0.3) is 0 Å². The van der Waals surface area contributed by atoms with E-state index in [0.29, 0.717) is 5.41 Å². The van der Waals surface area contributed by atoms with Gasteiger partial charge in [-0.25, -0.2) is 0 Å². The summed E-state index contributed by atoms with van der Waals surface area (Å²) in [6, 6.07) is 0. The van der Waals surface area contributed by atoms with Crippen LogP contribution in [0, 0.1) is 5.41 Å². The molecule has 0 saturated carbocycles. The number of rotatable bonds is 1. The smallest absolute Gasteiger partial charge is 0.155 e. The van der Waals surface area contributed by atoms with Gasteiger partial charge in [0.15, 0.2) is 5.78 Å². The van der Waals surface area contributed by atoms with Crippen molar-refractivity contribution in [2.45, 2.75) is 40.0 Å². The van der Waals surface area contributed by atoms with E-state index in [2.05, 4.69) is 19.9 Å². The number of carbonyl (C=O) groups excluding carboxylic acids is 1. The van der Waals surface area contributed by atoms with Gasteiger partial charge in [0, 0.05) is 0 Å². The lowest BCUT2D eigenvalue weighted by Gasteiger charge is -2.27. The Labute approximate surface area is 68.5 Å². The lowest BCUT2D eigenvalue weighted by molar-refractivity contribution is -0.113. The van der Waals surface area contributed by atoms with Crippen molar-refractivity contribution in [1.29, 1.82) is 0 Å². The first-order chi connectivity index (χ1) is 5.01. The summed E-state index contributed by atoms with van der Waals surface area (Å²) in [6.07, 6.45) is 5.29. The van der Waals surface area contributed by atoms with E-state index >= 15 is 0 Å². The molecule has 1 aliphatic carbocycles. The second-order valence-corrected chi connectivity index (χ2v) is 4.15. The zero-order chi connectivity index (χ0) is 8.48. The largest absolute Gasteiger partial charge is 0.295 e. The van der Waals surface area contributed by atoms with Crippen LogP contribution in [0.2, 0.25) is 0 Å². The Morgan fingerprint density at radius 2 is 2.18 bits per heavy atom. The van der Waals surface area contributed by atoms with Gasteiger partial charge in [0.25, 0.3) is 0 Å². The molecular formula is C10H16O. The molecule has 0 radical (unpaired) electrons. The van der Waals surface area contributed by atoms with Crippen LogP contribution < -0.4 is 0 Å². The summed E-state index contributed by atoms with van der Waals surface area (Å²) in [6.45, 7) is 6.16. The summed E-state index contributed by atoms with van der Waals surface area (Å²) in [4.78, 5) is 10.9. The van der Waals surface area contributed by atoms with Gasteiger partial charge in [-0.05, 0) is 37.2 Å². The second kappa shape index (κ2) is 2.80. The van der Waals surface area contributed by atoms with Crippen LogP contribution in [0.3, 0.4) is 0 Å². The van der Waals surface area contributed by atoms with Crippen molar-refractivity contribution in [3.05, 3.63) is 11.6 Å². The van der Waals surface area contributed by atoms with Crippen LogP contribution in [0.5, 0.6) is 0 Å². The fourth-order valence-electron chi connectivity index (χ4n) is 1.40. The predicted octanol–water partition coefficient (Wildman–Crippen LogP) is 2.71. The molecule has 0 amide bonds. The molecule has 0 N–H and O–H groups in total. The van der Waals surface area contributed by atoms with Crippen molar-refractivity contribution in [3.8, 4) is 0 Å². The number of hydrogen-bond acceptors (Lipinski definition) is 1. The molecule has 1 rings (SSSR count). The maximum Gasteiger partial charge on any atom is 0.155 e. The van der Waals surface area contributed by atoms with E-state index in [0.717, 1.165) is 24.8 Å². The molecule has 0 aliphatic heterocycles. The van der Waals surface area contributed by atoms with Crippen molar-refractivity contribution in [3.63, 3.8) is 0 Å². The molecule has 0 spiro atoms.